The Balaban J connectivity index is 2.83. The number of carbonyl (C=O) groups excluding carboxylic acids is 1. The first kappa shape index (κ1) is 10.5. The molecule has 0 bridgehead atoms. The first-order chi connectivity index (χ1) is 6.61. The average Bonchev–Trinajstić information content (AvgIpc) is 2.15. The maximum absolute atomic E-state index is 10.7. The molecule has 0 aromatic heterocycles. The Morgan fingerprint density at radius 3 is 2.43 bits per heavy atom. The number of benzene rings is 1. The van der Waals surface area contributed by atoms with E-state index in [1.165, 1.54) is 0 Å². The zero-order valence-corrected chi connectivity index (χ0v) is 7.97. The van der Waals surface area contributed by atoms with Crippen molar-refractivity contribution in [2.75, 3.05) is 0 Å². The predicted molar refractivity (Wildman–Crippen MR) is 53.6 cm³/mol. The summed E-state index contributed by atoms with van der Waals surface area (Å²) in [5.74, 6) is 0. The Bertz CT molecular complexity index is 298. The van der Waals surface area contributed by atoms with Gasteiger partial charge in [0.25, 0.3) is 0 Å². The molecule has 2 atom stereocenters. The minimum atomic E-state index is -0.676. The number of amides is 2. The van der Waals surface area contributed by atoms with Crippen molar-refractivity contribution in [1.82, 2.24) is 5.32 Å². The van der Waals surface area contributed by atoms with Crippen molar-refractivity contribution >= 4 is 6.03 Å². The average molecular weight is 194 g/mol. The molecule has 0 saturated heterocycles. The first-order valence-corrected chi connectivity index (χ1v) is 4.40. The molecule has 1 rings (SSSR count). The fourth-order valence-electron chi connectivity index (χ4n) is 1.30. The van der Waals surface area contributed by atoms with E-state index in [0.717, 1.165) is 5.56 Å². The molecule has 2 amide bonds. The molecule has 0 radical (unpaired) electrons. The van der Waals surface area contributed by atoms with E-state index in [4.69, 9.17) is 5.73 Å². The van der Waals surface area contributed by atoms with Crippen molar-refractivity contribution in [3.63, 3.8) is 0 Å². The Labute approximate surface area is 82.7 Å². The maximum atomic E-state index is 10.7. The zero-order chi connectivity index (χ0) is 10.6. The molecule has 0 unspecified atom stereocenters. The second-order valence-corrected chi connectivity index (χ2v) is 3.14. The van der Waals surface area contributed by atoms with Gasteiger partial charge < -0.3 is 16.2 Å². The highest BCUT2D eigenvalue weighted by molar-refractivity contribution is 5.72. The highest BCUT2D eigenvalue weighted by Gasteiger charge is 2.17. The van der Waals surface area contributed by atoms with Crippen molar-refractivity contribution in [2.45, 2.75) is 19.1 Å². The van der Waals surface area contributed by atoms with Gasteiger partial charge in [-0.25, -0.2) is 4.79 Å². The standard InChI is InChI=1S/C10H14N2O2/c1-7(13)9(12-10(11)14)8-5-3-2-4-6-8/h2-7,9,13H,1H3,(H3,11,12,14)/t7-,9+/m0/s1. The van der Waals surface area contributed by atoms with E-state index >= 15 is 0 Å². The fourth-order valence-corrected chi connectivity index (χ4v) is 1.30. The van der Waals surface area contributed by atoms with Gasteiger partial charge in [-0.05, 0) is 12.5 Å². The molecule has 14 heavy (non-hydrogen) atoms. The number of aliphatic hydroxyl groups excluding tert-OH is 1. The van der Waals surface area contributed by atoms with E-state index in [1.54, 1.807) is 6.92 Å². The van der Waals surface area contributed by atoms with Gasteiger partial charge in [0.15, 0.2) is 0 Å². The summed E-state index contributed by atoms with van der Waals surface area (Å²) in [4.78, 5) is 10.7. The summed E-state index contributed by atoms with van der Waals surface area (Å²) in [6, 6.07) is 8.11. The van der Waals surface area contributed by atoms with Gasteiger partial charge in [0, 0.05) is 0 Å². The summed E-state index contributed by atoms with van der Waals surface area (Å²) in [5.41, 5.74) is 5.84. The molecule has 1 aromatic carbocycles. The molecule has 0 aliphatic carbocycles. The third kappa shape index (κ3) is 2.74. The highest BCUT2D eigenvalue weighted by atomic mass is 16.3. The van der Waals surface area contributed by atoms with Crippen molar-refractivity contribution in [3.8, 4) is 0 Å². The minimum Gasteiger partial charge on any atom is -0.391 e. The van der Waals surface area contributed by atoms with Crippen molar-refractivity contribution in [2.24, 2.45) is 5.73 Å². The smallest absolute Gasteiger partial charge is 0.312 e. The van der Waals surface area contributed by atoms with Gasteiger partial charge >= 0.3 is 6.03 Å². The van der Waals surface area contributed by atoms with Crippen LogP contribution in [0, 0.1) is 0 Å². The van der Waals surface area contributed by atoms with Gasteiger partial charge in [0.2, 0.25) is 0 Å². The van der Waals surface area contributed by atoms with E-state index in [-0.39, 0.29) is 0 Å². The summed E-state index contributed by atoms with van der Waals surface area (Å²) < 4.78 is 0. The molecular weight excluding hydrogens is 180 g/mol. The Morgan fingerprint density at radius 1 is 1.43 bits per heavy atom. The number of hydrogen-bond donors (Lipinski definition) is 3. The maximum Gasteiger partial charge on any atom is 0.312 e. The van der Waals surface area contributed by atoms with Crippen LogP contribution in [0.2, 0.25) is 0 Å². The van der Waals surface area contributed by atoms with Gasteiger partial charge in [-0.1, -0.05) is 30.3 Å². The Kier molecular flexibility index (Phi) is 3.48. The Hall–Kier alpha value is -1.55. The van der Waals surface area contributed by atoms with Gasteiger partial charge in [-0.2, -0.15) is 0 Å². The Morgan fingerprint density at radius 2 is 2.00 bits per heavy atom. The van der Waals surface area contributed by atoms with Crippen LogP contribution < -0.4 is 11.1 Å². The number of carbonyl (C=O) groups is 1. The minimum absolute atomic E-state index is 0.450. The summed E-state index contributed by atoms with van der Waals surface area (Å²) in [7, 11) is 0. The number of hydrogen-bond acceptors (Lipinski definition) is 2. The van der Waals surface area contributed by atoms with E-state index in [2.05, 4.69) is 5.32 Å². The third-order valence-electron chi connectivity index (χ3n) is 1.94. The summed E-state index contributed by atoms with van der Waals surface area (Å²) in [6.45, 7) is 1.60. The van der Waals surface area contributed by atoms with E-state index in [1.807, 2.05) is 30.3 Å². The van der Waals surface area contributed by atoms with Gasteiger partial charge in [-0.3, -0.25) is 0 Å². The molecule has 76 valence electrons. The largest absolute Gasteiger partial charge is 0.391 e. The van der Waals surface area contributed by atoms with Crippen LogP contribution in [-0.2, 0) is 0 Å². The molecular formula is C10H14N2O2. The van der Waals surface area contributed by atoms with Crippen LogP contribution in [-0.4, -0.2) is 17.2 Å². The van der Waals surface area contributed by atoms with Crippen molar-refractivity contribution in [1.29, 1.82) is 0 Å². The molecule has 4 N–H and O–H groups in total. The van der Waals surface area contributed by atoms with E-state index < -0.39 is 18.2 Å². The molecule has 0 heterocycles. The second kappa shape index (κ2) is 4.62. The number of rotatable bonds is 3. The highest BCUT2D eigenvalue weighted by Crippen LogP contribution is 2.15. The van der Waals surface area contributed by atoms with Crippen LogP contribution in [0.25, 0.3) is 0 Å². The second-order valence-electron chi connectivity index (χ2n) is 3.14. The monoisotopic (exact) mass is 194 g/mol. The van der Waals surface area contributed by atoms with Crippen LogP contribution in [0.4, 0.5) is 4.79 Å². The summed E-state index contributed by atoms with van der Waals surface area (Å²) in [5, 5.41) is 11.9. The van der Waals surface area contributed by atoms with E-state index in [0.29, 0.717) is 0 Å². The van der Waals surface area contributed by atoms with Crippen molar-refractivity contribution < 1.29 is 9.90 Å². The molecule has 1 aromatic rings. The van der Waals surface area contributed by atoms with Gasteiger partial charge in [0.05, 0.1) is 12.1 Å². The lowest BCUT2D eigenvalue weighted by molar-refractivity contribution is 0.147. The third-order valence-corrected chi connectivity index (χ3v) is 1.94. The van der Waals surface area contributed by atoms with Crippen LogP contribution in [0.5, 0.6) is 0 Å². The van der Waals surface area contributed by atoms with Gasteiger partial charge in [0.1, 0.15) is 0 Å². The SMILES string of the molecule is C[C@H](O)[C@@H](NC(N)=O)c1ccccc1. The normalized spacial score (nSPS) is 14.4. The summed E-state index contributed by atoms with van der Waals surface area (Å²) in [6.07, 6.45) is -0.676. The number of urea groups is 1. The summed E-state index contributed by atoms with van der Waals surface area (Å²) >= 11 is 0. The number of primary amides is 1. The molecule has 0 fully saturated rings. The molecule has 4 heteroatoms. The predicted octanol–water partition coefficient (Wildman–Crippen LogP) is 0.777. The van der Waals surface area contributed by atoms with Gasteiger partial charge in [-0.15, -0.1) is 0 Å². The van der Waals surface area contributed by atoms with Crippen molar-refractivity contribution in [3.05, 3.63) is 35.9 Å². The van der Waals surface area contributed by atoms with E-state index in [9.17, 15) is 9.90 Å². The number of nitrogens with two attached hydrogens (primary N) is 1. The quantitative estimate of drug-likeness (QED) is 0.665. The molecule has 0 aliphatic heterocycles. The number of nitrogens with one attached hydrogen (secondary N) is 1. The van der Waals surface area contributed by atoms with Crippen LogP contribution in [0.3, 0.4) is 0 Å². The van der Waals surface area contributed by atoms with Crippen LogP contribution >= 0.6 is 0 Å². The lowest BCUT2D eigenvalue weighted by atomic mass is 10.0. The lowest BCUT2D eigenvalue weighted by Crippen LogP contribution is -2.38. The zero-order valence-electron chi connectivity index (χ0n) is 7.97. The lowest BCUT2D eigenvalue weighted by Gasteiger charge is -2.20. The topological polar surface area (TPSA) is 75.3 Å². The molecule has 0 aliphatic rings. The van der Waals surface area contributed by atoms with Crippen LogP contribution in [0.1, 0.15) is 18.5 Å². The number of aliphatic hydroxyl groups is 1. The first-order valence-electron chi connectivity index (χ1n) is 4.40. The molecule has 0 saturated carbocycles. The molecule has 4 nitrogen and oxygen atoms in total. The van der Waals surface area contributed by atoms with Crippen LogP contribution in [0.15, 0.2) is 30.3 Å². The fraction of sp³-hybridized carbons (Fsp3) is 0.300. The molecule has 0 spiro atoms.